The molecule has 0 aliphatic rings. The van der Waals surface area contributed by atoms with E-state index < -0.39 is 0 Å². The fourth-order valence-electron chi connectivity index (χ4n) is 1.63. The molecule has 0 amide bonds. The molecule has 0 saturated heterocycles. The average Bonchev–Trinajstić information content (AvgIpc) is 2.72. The van der Waals surface area contributed by atoms with E-state index in [1.165, 1.54) is 11.8 Å². The second-order valence-corrected chi connectivity index (χ2v) is 5.85. The summed E-state index contributed by atoms with van der Waals surface area (Å²) in [4.78, 5) is 12.5. The molecule has 18 heavy (non-hydrogen) atoms. The SMILES string of the molecule is CC(=O)c1ccc(NCc2cc(Br)cs2)cc1N. The number of ketones is 1. The van der Waals surface area contributed by atoms with E-state index in [0.29, 0.717) is 11.3 Å². The first-order chi connectivity index (χ1) is 8.56. The number of benzene rings is 1. The van der Waals surface area contributed by atoms with Gasteiger partial charge in [0, 0.05) is 38.2 Å². The van der Waals surface area contributed by atoms with E-state index in [1.54, 1.807) is 23.5 Å². The van der Waals surface area contributed by atoms with Crippen molar-refractivity contribution < 1.29 is 4.79 Å². The number of carbonyl (C=O) groups is 1. The molecule has 5 heteroatoms. The first-order valence-corrected chi connectivity index (χ1v) is 7.11. The van der Waals surface area contributed by atoms with Gasteiger partial charge in [-0.1, -0.05) is 0 Å². The third kappa shape index (κ3) is 3.11. The van der Waals surface area contributed by atoms with E-state index in [-0.39, 0.29) is 5.78 Å². The lowest BCUT2D eigenvalue weighted by Crippen LogP contribution is -2.02. The van der Waals surface area contributed by atoms with Crippen LogP contribution in [0.25, 0.3) is 0 Å². The van der Waals surface area contributed by atoms with Crippen molar-refractivity contribution in [2.24, 2.45) is 0 Å². The highest BCUT2D eigenvalue weighted by atomic mass is 79.9. The number of nitrogen functional groups attached to an aromatic ring is 1. The summed E-state index contributed by atoms with van der Waals surface area (Å²) >= 11 is 5.11. The first-order valence-electron chi connectivity index (χ1n) is 5.43. The highest BCUT2D eigenvalue weighted by Gasteiger charge is 2.05. The van der Waals surface area contributed by atoms with Crippen LogP contribution in [0, 0.1) is 0 Å². The monoisotopic (exact) mass is 324 g/mol. The maximum atomic E-state index is 11.3. The average molecular weight is 325 g/mol. The predicted octanol–water partition coefficient (Wildman–Crippen LogP) is 3.91. The first kappa shape index (κ1) is 13.1. The molecule has 2 aromatic rings. The number of anilines is 2. The van der Waals surface area contributed by atoms with E-state index in [4.69, 9.17) is 5.73 Å². The molecule has 0 atom stereocenters. The zero-order chi connectivity index (χ0) is 13.1. The van der Waals surface area contributed by atoms with Gasteiger partial charge in [0.15, 0.2) is 5.78 Å². The number of carbonyl (C=O) groups excluding carboxylic acids is 1. The molecule has 3 nitrogen and oxygen atoms in total. The lowest BCUT2D eigenvalue weighted by Gasteiger charge is -2.08. The van der Waals surface area contributed by atoms with Crippen LogP contribution in [0.5, 0.6) is 0 Å². The Labute approximate surface area is 118 Å². The standard InChI is InChI=1S/C13H13BrN2OS/c1-8(17)12-3-2-10(5-13(12)15)16-6-11-4-9(14)7-18-11/h2-5,7,16H,6,15H2,1H3. The Balaban J connectivity index is 2.06. The fraction of sp³-hybridized carbons (Fsp3) is 0.154. The highest BCUT2D eigenvalue weighted by Crippen LogP contribution is 2.22. The van der Waals surface area contributed by atoms with Gasteiger partial charge in [-0.2, -0.15) is 0 Å². The second kappa shape index (κ2) is 5.54. The quantitative estimate of drug-likeness (QED) is 0.662. The Kier molecular flexibility index (Phi) is 4.04. The summed E-state index contributed by atoms with van der Waals surface area (Å²) in [7, 11) is 0. The molecular weight excluding hydrogens is 312 g/mol. The fourth-order valence-corrected chi connectivity index (χ4v) is 3.02. The zero-order valence-corrected chi connectivity index (χ0v) is 12.3. The number of thiophene rings is 1. The molecule has 94 valence electrons. The highest BCUT2D eigenvalue weighted by molar-refractivity contribution is 9.10. The van der Waals surface area contributed by atoms with Crippen LogP contribution in [0.4, 0.5) is 11.4 Å². The van der Waals surface area contributed by atoms with Gasteiger partial charge in [-0.3, -0.25) is 4.79 Å². The number of nitrogens with two attached hydrogens (primary N) is 1. The smallest absolute Gasteiger partial charge is 0.161 e. The largest absolute Gasteiger partial charge is 0.398 e. The summed E-state index contributed by atoms with van der Waals surface area (Å²) in [5.41, 5.74) is 7.83. The minimum absolute atomic E-state index is 0.0127. The third-order valence-corrected chi connectivity index (χ3v) is 4.22. The van der Waals surface area contributed by atoms with Gasteiger partial charge in [-0.15, -0.1) is 11.3 Å². The molecule has 0 bridgehead atoms. The van der Waals surface area contributed by atoms with Crippen LogP contribution in [0.3, 0.4) is 0 Å². The van der Waals surface area contributed by atoms with Gasteiger partial charge in [0.2, 0.25) is 0 Å². The van der Waals surface area contributed by atoms with Crippen molar-refractivity contribution in [3.8, 4) is 0 Å². The van der Waals surface area contributed by atoms with Crippen molar-refractivity contribution in [3.63, 3.8) is 0 Å². The normalized spacial score (nSPS) is 10.3. The second-order valence-electron chi connectivity index (χ2n) is 3.94. The van der Waals surface area contributed by atoms with Gasteiger partial charge in [0.25, 0.3) is 0 Å². The van der Waals surface area contributed by atoms with E-state index in [1.807, 2.05) is 11.4 Å². The molecule has 1 aromatic heterocycles. The number of halogens is 1. The van der Waals surface area contributed by atoms with Crippen LogP contribution >= 0.6 is 27.3 Å². The summed E-state index contributed by atoms with van der Waals surface area (Å²) in [6, 6.07) is 7.49. The summed E-state index contributed by atoms with van der Waals surface area (Å²) in [5, 5.41) is 5.33. The van der Waals surface area contributed by atoms with Crippen LogP contribution in [0.15, 0.2) is 34.1 Å². The molecule has 0 saturated carbocycles. The van der Waals surface area contributed by atoms with E-state index >= 15 is 0 Å². The van der Waals surface area contributed by atoms with Crippen molar-refractivity contribution in [1.29, 1.82) is 0 Å². The number of rotatable bonds is 4. The van der Waals surface area contributed by atoms with Crippen molar-refractivity contribution in [3.05, 3.63) is 44.6 Å². The van der Waals surface area contributed by atoms with Crippen LogP contribution in [-0.2, 0) is 6.54 Å². The van der Waals surface area contributed by atoms with Gasteiger partial charge < -0.3 is 11.1 Å². The van der Waals surface area contributed by atoms with Crippen LogP contribution in [0.2, 0.25) is 0 Å². The zero-order valence-electron chi connectivity index (χ0n) is 9.87. The molecule has 0 radical (unpaired) electrons. The Morgan fingerprint density at radius 3 is 2.78 bits per heavy atom. The predicted molar refractivity (Wildman–Crippen MR) is 80.2 cm³/mol. The molecule has 0 fully saturated rings. The summed E-state index contributed by atoms with van der Waals surface area (Å²) in [5.74, 6) is -0.0127. The lowest BCUT2D eigenvalue weighted by atomic mass is 10.1. The Bertz CT molecular complexity index is 580. The molecule has 1 heterocycles. The Morgan fingerprint density at radius 1 is 1.44 bits per heavy atom. The summed E-state index contributed by atoms with van der Waals surface area (Å²) in [6.45, 7) is 2.26. The molecule has 0 aliphatic carbocycles. The van der Waals surface area contributed by atoms with Crippen molar-refractivity contribution >= 4 is 44.4 Å². The molecule has 0 spiro atoms. The minimum Gasteiger partial charge on any atom is -0.398 e. The van der Waals surface area contributed by atoms with Crippen LogP contribution in [0.1, 0.15) is 22.2 Å². The van der Waals surface area contributed by atoms with E-state index in [0.717, 1.165) is 16.7 Å². The number of hydrogen-bond donors (Lipinski definition) is 2. The van der Waals surface area contributed by atoms with Gasteiger partial charge in [-0.25, -0.2) is 0 Å². The number of nitrogens with one attached hydrogen (secondary N) is 1. The molecule has 0 unspecified atom stereocenters. The summed E-state index contributed by atoms with van der Waals surface area (Å²) < 4.78 is 1.09. The topological polar surface area (TPSA) is 55.1 Å². The minimum atomic E-state index is -0.0127. The molecule has 1 aromatic carbocycles. The van der Waals surface area contributed by atoms with Gasteiger partial charge >= 0.3 is 0 Å². The molecule has 2 rings (SSSR count). The van der Waals surface area contributed by atoms with Crippen LogP contribution < -0.4 is 11.1 Å². The maximum absolute atomic E-state index is 11.3. The van der Waals surface area contributed by atoms with E-state index in [2.05, 4.69) is 27.3 Å². The Morgan fingerprint density at radius 2 is 2.22 bits per heavy atom. The summed E-state index contributed by atoms with van der Waals surface area (Å²) in [6.07, 6.45) is 0. The van der Waals surface area contributed by atoms with Crippen molar-refractivity contribution in [2.75, 3.05) is 11.1 Å². The van der Waals surface area contributed by atoms with Gasteiger partial charge in [0.1, 0.15) is 0 Å². The maximum Gasteiger partial charge on any atom is 0.161 e. The lowest BCUT2D eigenvalue weighted by molar-refractivity contribution is 0.101. The number of hydrogen-bond acceptors (Lipinski definition) is 4. The molecular formula is C13H13BrN2OS. The van der Waals surface area contributed by atoms with E-state index in [9.17, 15) is 4.79 Å². The van der Waals surface area contributed by atoms with Crippen molar-refractivity contribution in [1.82, 2.24) is 0 Å². The number of Topliss-reactive ketones (excluding diaryl/α,β-unsaturated/α-hetero) is 1. The van der Waals surface area contributed by atoms with Gasteiger partial charge in [0.05, 0.1) is 0 Å². The van der Waals surface area contributed by atoms with Gasteiger partial charge in [-0.05, 0) is 47.1 Å². The molecule has 0 aliphatic heterocycles. The van der Waals surface area contributed by atoms with Crippen molar-refractivity contribution in [2.45, 2.75) is 13.5 Å². The Hall–Kier alpha value is -1.33. The third-order valence-electron chi connectivity index (χ3n) is 2.52. The molecule has 3 N–H and O–H groups in total. The van der Waals surface area contributed by atoms with Crippen LogP contribution in [-0.4, -0.2) is 5.78 Å².